The number of amides is 1. The van der Waals surface area contributed by atoms with E-state index < -0.39 is 15.9 Å². The van der Waals surface area contributed by atoms with Gasteiger partial charge in [-0.1, -0.05) is 23.4 Å². The number of nitrogens with zero attached hydrogens (tertiary/aromatic N) is 2. The fourth-order valence-electron chi connectivity index (χ4n) is 2.46. The molecule has 4 rings (SSSR count). The summed E-state index contributed by atoms with van der Waals surface area (Å²) in [6, 6.07) is 11.6. The zero-order chi connectivity index (χ0) is 16.0. The van der Waals surface area contributed by atoms with Crippen LogP contribution in [0.3, 0.4) is 0 Å². The minimum absolute atomic E-state index is 0.0306. The predicted octanol–water partition coefficient (Wildman–Crippen LogP) is 2.75. The van der Waals surface area contributed by atoms with E-state index in [-0.39, 0.29) is 17.0 Å². The number of carbonyl (C=O) groups is 1. The fourth-order valence-corrected chi connectivity index (χ4v) is 4.67. The topological polar surface area (TPSA) is 80.5 Å². The van der Waals surface area contributed by atoms with Crippen molar-refractivity contribution >= 4 is 27.3 Å². The third-order valence-corrected chi connectivity index (χ3v) is 6.22. The van der Waals surface area contributed by atoms with Crippen LogP contribution in [0.5, 0.6) is 0 Å². The molecule has 0 aliphatic carbocycles. The molecule has 0 radical (unpaired) electrons. The van der Waals surface area contributed by atoms with E-state index in [0.717, 1.165) is 9.18 Å². The molecule has 0 unspecified atom stereocenters. The Balaban J connectivity index is 1.67. The molecule has 3 aromatic rings. The average molecular weight is 346 g/mol. The fraction of sp³-hybridized carbons (Fsp3) is 0.0667. The number of carbonyl (C=O) groups excluding carboxylic acids is 1. The third kappa shape index (κ3) is 2.18. The van der Waals surface area contributed by atoms with Crippen molar-refractivity contribution in [2.24, 2.45) is 0 Å². The van der Waals surface area contributed by atoms with Gasteiger partial charge in [-0.05, 0) is 23.6 Å². The Morgan fingerprint density at radius 1 is 1.17 bits per heavy atom. The highest BCUT2D eigenvalue weighted by Gasteiger charge is 2.41. The number of benzene rings is 1. The highest BCUT2D eigenvalue weighted by molar-refractivity contribution is 7.90. The second kappa shape index (κ2) is 5.04. The van der Waals surface area contributed by atoms with Gasteiger partial charge < -0.3 is 4.52 Å². The van der Waals surface area contributed by atoms with E-state index in [0.29, 0.717) is 11.5 Å². The number of hydrogen-bond acceptors (Lipinski definition) is 6. The van der Waals surface area contributed by atoms with E-state index in [1.165, 1.54) is 23.5 Å². The summed E-state index contributed by atoms with van der Waals surface area (Å²) >= 11 is 1.50. The van der Waals surface area contributed by atoms with Gasteiger partial charge >= 0.3 is 0 Å². The average Bonchev–Trinajstić information content (AvgIpc) is 3.25. The Kier molecular flexibility index (Phi) is 3.10. The van der Waals surface area contributed by atoms with E-state index in [9.17, 15) is 13.2 Å². The second-order valence-electron chi connectivity index (χ2n) is 4.97. The third-order valence-electron chi connectivity index (χ3n) is 3.54. The summed E-state index contributed by atoms with van der Waals surface area (Å²) < 4.78 is 31.0. The molecule has 0 fully saturated rings. The summed E-state index contributed by atoms with van der Waals surface area (Å²) in [6.07, 6.45) is 0. The Labute approximate surface area is 136 Å². The van der Waals surface area contributed by atoms with Gasteiger partial charge in [0, 0.05) is 6.07 Å². The lowest BCUT2D eigenvalue weighted by atomic mass is 10.2. The molecule has 116 valence electrons. The molecule has 1 aromatic carbocycles. The molecule has 0 N–H and O–H groups in total. The van der Waals surface area contributed by atoms with Crippen LogP contribution in [0.4, 0.5) is 0 Å². The Bertz CT molecular complexity index is 990. The molecule has 0 saturated heterocycles. The van der Waals surface area contributed by atoms with Crippen molar-refractivity contribution in [2.75, 3.05) is 0 Å². The minimum atomic E-state index is -3.84. The maximum absolute atomic E-state index is 12.5. The molecule has 1 aliphatic heterocycles. The van der Waals surface area contributed by atoms with Gasteiger partial charge in [0.1, 0.15) is 10.6 Å². The minimum Gasteiger partial charge on any atom is -0.359 e. The number of thiophene rings is 1. The van der Waals surface area contributed by atoms with E-state index >= 15 is 0 Å². The van der Waals surface area contributed by atoms with E-state index in [4.69, 9.17) is 4.52 Å². The Hall–Kier alpha value is -2.45. The monoisotopic (exact) mass is 346 g/mol. The molecule has 1 aliphatic rings. The van der Waals surface area contributed by atoms with Crippen LogP contribution in [0.2, 0.25) is 0 Å². The molecule has 23 heavy (non-hydrogen) atoms. The zero-order valence-electron chi connectivity index (χ0n) is 11.7. The van der Waals surface area contributed by atoms with Gasteiger partial charge in [0.15, 0.2) is 5.76 Å². The van der Waals surface area contributed by atoms with Gasteiger partial charge in [-0.25, -0.2) is 12.7 Å². The van der Waals surface area contributed by atoms with E-state index in [2.05, 4.69) is 5.16 Å². The summed E-state index contributed by atoms with van der Waals surface area (Å²) in [6.45, 7) is -0.172. The number of rotatable bonds is 3. The van der Waals surface area contributed by atoms with Crippen molar-refractivity contribution in [1.29, 1.82) is 0 Å². The largest absolute Gasteiger partial charge is 0.359 e. The first kappa shape index (κ1) is 14.2. The predicted molar refractivity (Wildman–Crippen MR) is 83.3 cm³/mol. The van der Waals surface area contributed by atoms with Crippen molar-refractivity contribution in [1.82, 2.24) is 9.46 Å². The first-order valence-electron chi connectivity index (χ1n) is 6.73. The van der Waals surface area contributed by atoms with Crippen molar-refractivity contribution < 1.29 is 17.7 Å². The molecule has 6 nitrogen and oxygen atoms in total. The van der Waals surface area contributed by atoms with Crippen molar-refractivity contribution in [2.45, 2.75) is 11.4 Å². The van der Waals surface area contributed by atoms with Crippen LogP contribution in [0.15, 0.2) is 57.3 Å². The molecule has 0 bridgehead atoms. The van der Waals surface area contributed by atoms with Crippen LogP contribution in [0.25, 0.3) is 10.6 Å². The lowest BCUT2D eigenvalue weighted by Crippen LogP contribution is -2.29. The number of fused-ring (bicyclic) bond motifs is 1. The Morgan fingerprint density at radius 3 is 2.74 bits per heavy atom. The molecule has 1 amide bonds. The molecule has 8 heteroatoms. The molecule has 0 atom stereocenters. The van der Waals surface area contributed by atoms with Gasteiger partial charge in [0.05, 0.1) is 17.0 Å². The maximum atomic E-state index is 12.5. The molecular formula is C15H10N2O4S2. The maximum Gasteiger partial charge on any atom is 0.269 e. The number of hydrogen-bond donors (Lipinski definition) is 0. The first-order valence-corrected chi connectivity index (χ1v) is 9.05. The van der Waals surface area contributed by atoms with Crippen LogP contribution >= 0.6 is 11.3 Å². The summed E-state index contributed by atoms with van der Waals surface area (Å²) in [5.41, 5.74) is 0.807. The highest BCUT2D eigenvalue weighted by Crippen LogP contribution is 2.32. The summed E-state index contributed by atoms with van der Waals surface area (Å²) in [5, 5.41) is 5.84. The molecule has 0 spiro atoms. The van der Waals surface area contributed by atoms with Crippen LogP contribution < -0.4 is 0 Å². The van der Waals surface area contributed by atoms with Crippen molar-refractivity contribution in [3.63, 3.8) is 0 Å². The smallest absolute Gasteiger partial charge is 0.269 e. The summed E-state index contributed by atoms with van der Waals surface area (Å²) in [5.74, 6) is -0.229. The van der Waals surface area contributed by atoms with E-state index in [1.54, 1.807) is 18.2 Å². The summed E-state index contributed by atoms with van der Waals surface area (Å²) in [4.78, 5) is 13.3. The van der Waals surface area contributed by atoms with Gasteiger partial charge in [0.25, 0.3) is 15.9 Å². The number of sulfonamides is 1. The van der Waals surface area contributed by atoms with Crippen LogP contribution in [-0.4, -0.2) is 23.8 Å². The molecule has 2 aromatic heterocycles. The van der Waals surface area contributed by atoms with Crippen molar-refractivity contribution in [3.8, 4) is 10.6 Å². The lowest BCUT2D eigenvalue weighted by Gasteiger charge is -2.12. The van der Waals surface area contributed by atoms with Crippen LogP contribution in [0.1, 0.15) is 16.1 Å². The van der Waals surface area contributed by atoms with Crippen LogP contribution in [0, 0.1) is 0 Å². The highest BCUT2D eigenvalue weighted by atomic mass is 32.2. The zero-order valence-corrected chi connectivity index (χ0v) is 13.3. The number of aromatic nitrogens is 1. The SMILES string of the molecule is O=C1c2ccccc2S(=O)(=O)N1Cc1cc(-c2cccs2)no1. The molecule has 0 saturated carbocycles. The van der Waals surface area contributed by atoms with Gasteiger partial charge in [0.2, 0.25) is 0 Å². The Morgan fingerprint density at radius 2 is 2.00 bits per heavy atom. The second-order valence-corrected chi connectivity index (χ2v) is 7.75. The lowest BCUT2D eigenvalue weighted by molar-refractivity contribution is 0.0856. The normalized spacial score (nSPS) is 15.8. The van der Waals surface area contributed by atoms with Gasteiger partial charge in [-0.2, -0.15) is 0 Å². The van der Waals surface area contributed by atoms with Gasteiger partial charge in [-0.3, -0.25) is 4.79 Å². The van der Waals surface area contributed by atoms with Gasteiger partial charge in [-0.15, -0.1) is 11.3 Å². The molecule has 3 heterocycles. The van der Waals surface area contributed by atoms with Crippen LogP contribution in [-0.2, 0) is 16.6 Å². The quantitative estimate of drug-likeness (QED) is 0.728. The molecular weight excluding hydrogens is 336 g/mol. The standard InChI is InChI=1S/C15H10N2O4S2/c18-15-11-4-1-2-6-14(11)23(19,20)17(15)9-10-8-12(16-21-10)13-5-3-7-22-13/h1-8H,9H2. The van der Waals surface area contributed by atoms with Crippen molar-refractivity contribution in [3.05, 3.63) is 59.2 Å². The first-order chi connectivity index (χ1) is 11.1. The van der Waals surface area contributed by atoms with E-state index in [1.807, 2.05) is 17.5 Å². The summed E-state index contributed by atoms with van der Waals surface area (Å²) in [7, 11) is -3.84.